The molecule has 0 saturated carbocycles. The van der Waals surface area contributed by atoms with Crippen LogP contribution in [0.1, 0.15) is 12.8 Å². The van der Waals surface area contributed by atoms with Crippen molar-refractivity contribution < 1.29 is 9.53 Å². The zero-order valence-corrected chi connectivity index (χ0v) is 11.1. The molecule has 0 radical (unpaired) electrons. The summed E-state index contributed by atoms with van der Waals surface area (Å²) in [7, 11) is 1.73. The fourth-order valence-electron chi connectivity index (χ4n) is 2.86. The van der Waals surface area contributed by atoms with Gasteiger partial charge in [0.1, 0.15) is 0 Å². The molecular weight excluding hydrogens is 228 g/mol. The van der Waals surface area contributed by atoms with Gasteiger partial charge in [-0.3, -0.25) is 4.79 Å². The molecule has 2 saturated heterocycles. The fourth-order valence-corrected chi connectivity index (χ4v) is 2.86. The minimum absolute atomic E-state index is 0.128. The van der Waals surface area contributed by atoms with Crippen LogP contribution in [0.15, 0.2) is 0 Å². The average molecular weight is 250 g/mol. The van der Waals surface area contributed by atoms with Crippen molar-refractivity contribution in [2.24, 2.45) is 11.8 Å². The molecule has 0 aliphatic carbocycles. The summed E-state index contributed by atoms with van der Waals surface area (Å²) in [6, 6.07) is 0. The van der Waals surface area contributed by atoms with Gasteiger partial charge in [-0.25, -0.2) is 0 Å². The SMILES string of the molecule is C#CC1CC(=O)N(CC2CCN(CCOC)C2)C1. The molecule has 4 heteroatoms. The van der Waals surface area contributed by atoms with E-state index >= 15 is 0 Å². The quantitative estimate of drug-likeness (QED) is 0.664. The van der Waals surface area contributed by atoms with Crippen LogP contribution in [0.2, 0.25) is 0 Å². The van der Waals surface area contributed by atoms with Gasteiger partial charge in [-0.15, -0.1) is 12.3 Å². The third-order valence-corrected chi connectivity index (χ3v) is 3.91. The number of rotatable bonds is 5. The largest absolute Gasteiger partial charge is 0.383 e. The Hall–Kier alpha value is -1.05. The predicted octanol–water partition coefficient (Wildman–Crippen LogP) is 0.436. The topological polar surface area (TPSA) is 32.8 Å². The molecule has 0 aromatic heterocycles. The third-order valence-electron chi connectivity index (χ3n) is 3.91. The van der Waals surface area contributed by atoms with E-state index in [1.165, 1.54) is 6.42 Å². The molecule has 0 aromatic rings. The number of methoxy groups -OCH3 is 1. The summed E-state index contributed by atoms with van der Waals surface area (Å²) in [5.74, 6) is 3.65. The number of ether oxygens (including phenoxy) is 1. The molecule has 100 valence electrons. The van der Waals surface area contributed by atoms with Crippen molar-refractivity contribution in [2.75, 3.05) is 46.4 Å². The third kappa shape index (κ3) is 3.24. The predicted molar refractivity (Wildman–Crippen MR) is 69.9 cm³/mol. The van der Waals surface area contributed by atoms with Crippen LogP contribution in [-0.2, 0) is 9.53 Å². The lowest BCUT2D eigenvalue weighted by Gasteiger charge is -2.21. The van der Waals surface area contributed by atoms with Crippen molar-refractivity contribution in [1.29, 1.82) is 0 Å². The maximum Gasteiger partial charge on any atom is 0.223 e. The molecule has 2 fully saturated rings. The monoisotopic (exact) mass is 250 g/mol. The number of nitrogens with zero attached hydrogens (tertiary/aromatic N) is 2. The highest BCUT2D eigenvalue weighted by Gasteiger charge is 2.32. The molecule has 0 bridgehead atoms. The Labute approximate surface area is 109 Å². The highest BCUT2D eigenvalue weighted by molar-refractivity contribution is 5.79. The molecule has 2 aliphatic heterocycles. The van der Waals surface area contributed by atoms with Gasteiger partial charge in [0.25, 0.3) is 0 Å². The van der Waals surface area contributed by atoms with E-state index < -0.39 is 0 Å². The second-order valence-electron chi connectivity index (χ2n) is 5.31. The summed E-state index contributed by atoms with van der Waals surface area (Å²) >= 11 is 0. The normalized spacial score (nSPS) is 28.9. The molecule has 0 spiro atoms. The van der Waals surface area contributed by atoms with Crippen molar-refractivity contribution in [3.8, 4) is 12.3 Å². The second-order valence-corrected chi connectivity index (χ2v) is 5.31. The van der Waals surface area contributed by atoms with Gasteiger partial charge in [0.05, 0.1) is 6.61 Å². The van der Waals surface area contributed by atoms with E-state index in [0.717, 1.165) is 39.3 Å². The van der Waals surface area contributed by atoms with Crippen LogP contribution in [-0.4, -0.2) is 62.1 Å². The van der Waals surface area contributed by atoms with Crippen LogP contribution in [0.3, 0.4) is 0 Å². The number of terminal acetylenes is 1. The molecule has 18 heavy (non-hydrogen) atoms. The van der Waals surface area contributed by atoms with Gasteiger partial charge in [0.15, 0.2) is 0 Å². The Bertz CT molecular complexity index is 337. The lowest BCUT2D eigenvalue weighted by molar-refractivity contribution is -0.128. The first kappa shape index (κ1) is 13.4. The minimum atomic E-state index is 0.128. The van der Waals surface area contributed by atoms with Crippen LogP contribution >= 0.6 is 0 Å². The number of amides is 1. The Kier molecular flexibility index (Phi) is 4.62. The van der Waals surface area contributed by atoms with Crippen LogP contribution < -0.4 is 0 Å². The average Bonchev–Trinajstić information content (AvgIpc) is 2.95. The summed E-state index contributed by atoms with van der Waals surface area (Å²) in [6.45, 7) is 5.61. The van der Waals surface area contributed by atoms with Crippen LogP contribution in [0.4, 0.5) is 0 Å². The molecule has 2 heterocycles. The van der Waals surface area contributed by atoms with Gasteiger partial charge in [-0.05, 0) is 18.9 Å². The fraction of sp³-hybridized carbons (Fsp3) is 0.786. The van der Waals surface area contributed by atoms with Crippen molar-refractivity contribution in [3.63, 3.8) is 0 Å². The zero-order chi connectivity index (χ0) is 13.0. The molecule has 2 unspecified atom stereocenters. The first-order valence-corrected chi connectivity index (χ1v) is 6.68. The highest BCUT2D eigenvalue weighted by atomic mass is 16.5. The Morgan fingerprint density at radius 3 is 3.00 bits per heavy atom. The molecule has 0 N–H and O–H groups in total. The van der Waals surface area contributed by atoms with E-state index in [1.807, 2.05) is 4.90 Å². The summed E-state index contributed by atoms with van der Waals surface area (Å²) < 4.78 is 5.09. The second kappa shape index (κ2) is 6.21. The first-order valence-electron chi connectivity index (χ1n) is 6.68. The van der Waals surface area contributed by atoms with Gasteiger partial charge in [-0.1, -0.05) is 0 Å². The Morgan fingerprint density at radius 2 is 2.33 bits per heavy atom. The molecule has 2 rings (SSSR count). The van der Waals surface area contributed by atoms with E-state index in [0.29, 0.717) is 12.3 Å². The summed E-state index contributed by atoms with van der Waals surface area (Å²) in [6.07, 6.45) is 7.11. The maximum absolute atomic E-state index is 11.8. The van der Waals surface area contributed by atoms with E-state index in [4.69, 9.17) is 11.2 Å². The van der Waals surface area contributed by atoms with E-state index in [2.05, 4.69) is 10.8 Å². The number of carbonyl (C=O) groups excluding carboxylic acids is 1. The maximum atomic E-state index is 11.8. The summed E-state index contributed by atoms with van der Waals surface area (Å²) in [5.41, 5.74) is 0. The number of carbonyl (C=O) groups is 1. The molecule has 4 nitrogen and oxygen atoms in total. The van der Waals surface area contributed by atoms with Gasteiger partial charge in [0.2, 0.25) is 5.91 Å². The Balaban J connectivity index is 1.75. The number of hydrogen-bond acceptors (Lipinski definition) is 3. The molecule has 1 amide bonds. The standard InChI is InChI=1S/C14H22N2O2/c1-3-12-8-14(17)16(10-12)11-13-4-5-15(9-13)6-7-18-2/h1,12-13H,4-11H2,2H3. The molecule has 2 aliphatic rings. The lowest BCUT2D eigenvalue weighted by Crippen LogP contribution is -2.33. The highest BCUT2D eigenvalue weighted by Crippen LogP contribution is 2.22. The van der Waals surface area contributed by atoms with Crippen LogP contribution in [0.5, 0.6) is 0 Å². The van der Waals surface area contributed by atoms with Crippen LogP contribution in [0, 0.1) is 24.2 Å². The van der Waals surface area contributed by atoms with E-state index in [-0.39, 0.29) is 11.8 Å². The van der Waals surface area contributed by atoms with Crippen molar-refractivity contribution in [3.05, 3.63) is 0 Å². The smallest absolute Gasteiger partial charge is 0.223 e. The molecule has 2 atom stereocenters. The van der Waals surface area contributed by atoms with Gasteiger partial charge < -0.3 is 14.5 Å². The zero-order valence-electron chi connectivity index (χ0n) is 11.1. The summed E-state index contributed by atoms with van der Waals surface area (Å²) in [5, 5.41) is 0. The van der Waals surface area contributed by atoms with E-state index in [9.17, 15) is 4.79 Å². The van der Waals surface area contributed by atoms with Gasteiger partial charge in [-0.2, -0.15) is 0 Å². The van der Waals surface area contributed by atoms with E-state index in [1.54, 1.807) is 7.11 Å². The van der Waals surface area contributed by atoms with Crippen molar-refractivity contribution >= 4 is 5.91 Å². The Morgan fingerprint density at radius 1 is 1.50 bits per heavy atom. The molecule has 0 aromatic carbocycles. The number of likely N-dealkylation sites (tertiary alicyclic amines) is 2. The van der Waals surface area contributed by atoms with Crippen molar-refractivity contribution in [1.82, 2.24) is 9.80 Å². The number of hydrogen-bond donors (Lipinski definition) is 0. The van der Waals surface area contributed by atoms with Crippen LogP contribution in [0.25, 0.3) is 0 Å². The summed E-state index contributed by atoms with van der Waals surface area (Å²) in [4.78, 5) is 16.1. The van der Waals surface area contributed by atoms with Gasteiger partial charge in [0, 0.05) is 45.6 Å². The minimum Gasteiger partial charge on any atom is -0.383 e. The molecular formula is C14H22N2O2. The van der Waals surface area contributed by atoms with Crippen molar-refractivity contribution in [2.45, 2.75) is 12.8 Å². The lowest BCUT2D eigenvalue weighted by atomic mass is 10.1. The first-order chi connectivity index (χ1) is 8.72. The van der Waals surface area contributed by atoms with Gasteiger partial charge >= 0.3 is 0 Å².